The molecule has 0 aliphatic carbocycles. The molecule has 96 valence electrons. The number of carbonyl (C=O) groups excluding carboxylic acids is 1. The first-order valence-electron chi connectivity index (χ1n) is 5.78. The molecule has 2 aromatic heterocycles. The highest BCUT2D eigenvalue weighted by molar-refractivity contribution is 5.97. The van der Waals surface area contributed by atoms with E-state index in [9.17, 15) is 4.79 Å². The third-order valence-electron chi connectivity index (χ3n) is 2.62. The zero-order chi connectivity index (χ0) is 13.0. The van der Waals surface area contributed by atoms with E-state index < -0.39 is 0 Å². The Morgan fingerprint density at radius 2 is 2.17 bits per heavy atom. The maximum atomic E-state index is 12.0. The van der Waals surface area contributed by atoms with E-state index in [4.69, 9.17) is 5.11 Å². The van der Waals surface area contributed by atoms with Crippen LogP contribution in [0.3, 0.4) is 0 Å². The molecule has 0 radical (unpaired) electrons. The van der Waals surface area contributed by atoms with Crippen molar-refractivity contribution < 1.29 is 9.90 Å². The molecule has 2 rings (SSSR count). The Hall–Kier alpha value is -2.08. The third kappa shape index (κ3) is 2.43. The first-order chi connectivity index (χ1) is 8.74. The molecular formula is C12H16N4O2. The number of aliphatic hydroxyl groups is 1. The van der Waals surface area contributed by atoms with Crippen molar-refractivity contribution in [1.29, 1.82) is 0 Å². The van der Waals surface area contributed by atoms with Gasteiger partial charge in [-0.3, -0.25) is 9.48 Å². The molecule has 0 unspecified atom stereocenters. The third-order valence-corrected chi connectivity index (χ3v) is 2.62. The van der Waals surface area contributed by atoms with Crippen molar-refractivity contribution in [2.75, 3.05) is 13.2 Å². The lowest BCUT2D eigenvalue weighted by molar-refractivity contribution is 0.0951. The minimum Gasteiger partial charge on any atom is -0.396 e. The van der Waals surface area contributed by atoms with E-state index in [0.29, 0.717) is 18.5 Å². The summed E-state index contributed by atoms with van der Waals surface area (Å²) in [5.41, 5.74) is 0.520. The lowest BCUT2D eigenvalue weighted by atomic mass is 10.3. The van der Waals surface area contributed by atoms with E-state index in [1.54, 1.807) is 17.9 Å². The molecule has 1 amide bonds. The summed E-state index contributed by atoms with van der Waals surface area (Å²) in [6.07, 6.45) is 5.82. The number of nitrogens with one attached hydrogen (secondary N) is 1. The van der Waals surface area contributed by atoms with Gasteiger partial charge >= 0.3 is 0 Å². The molecule has 0 aliphatic heterocycles. The van der Waals surface area contributed by atoms with Crippen molar-refractivity contribution >= 4 is 5.91 Å². The second-order valence-corrected chi connectivity index (χ2v) is 3.93. The molecular weight excluding hydrogens is 232 g/mol. The van der Waals surface area contributed by atoms with Gasteiger partial charge in [0.05, 0.1) is 6.20 Å². The second kappa shape index (κ2) is 5.50. The smallest absolute Gasteiger partial charge is 0.256 e. The number of aromatic nitrogens is 3. The number of aliphatic hydroxyl groups excluding tert-OH is 1. The summed E-state index contributed by atoms with van der Waals surface area (Å²) in [6, 6.07) is 3.78. The highest BCUT2D eigenvalue weighted by atomic mass is 16.3. The van der Waals surface area contributed by atoms with Crippen LogP contribution in [0.15, 0.2) is 30.7 Å². The van der Waals surface area contributed by atoms with Gasteiger partial charge < -0.3 is 15.0 Å². The molecule has 0 saturated carbocycles. The van der Waals surface area contributed by atoms with Gasteiger partial charge in [0, 0.05) is 32.6 Å². The fourth-order valence-electron chi connectivity index (χ4n) is 1.75. The molecule has 2 heterocycles. The van der Waals surface area contributed by atoms with Crippen molar-refractivity contribution in [3.63, 3.8) is 0 Å². The summed E-state index contributed by atoms with van der Waals surface area (Å²) >= 11 is 0. The minimum absolute atomic E-state index is 0.0672. The summed E-state index contributed by atoms with van der Waals surface area (Å²) in [4.78, 5) is 12.0. The Kier molecular flexibility index (Phi) is 3.78. The molecule has 0 atom stereocenters. The normalized spacial score (nSPS) is 10.6. The molecule has 2 N–H and O–H groups in total. The predicted molar refractivity (Wildman–Crippen MR) is 66.6 cm³/mol. The van der Waals surface area contributed by atoms with Crippen LogP contribution in [0.2, 0.25) is 0 Å². The first-order valence-corrected chi connectivity index (χ1v) is 5.78. The standard InChI is InChI=1S/C12H16N4O2/c1-15-12(16-6-2-3-7-16)10(9-14-15)11(18)13-5-4-8-17/h2-3,6-7,9,17H,4-5,8H2,1H3,(H,13,18). The van der Waals surface area contributed by atoms with E-state index in [0.717, 1.165) is 5.82 Å². The molecule has 2 aromatic rings. The van der Waals surface area contributed by atoms with Crippen LogP contribution < -0.4 is 5.32 Å². The second-order valence-electron chi connectivity index (χ2n) is 3.93. The highest BCUT2D eigenvalue weighted by Gasteiger charge is 2.16. The Morgan fingerprint density at radius 3 is 2.83 bits per heavy atom. The number of rotatable bonds is 5. The summed E-state index contributed by atoms with van der Waals surface area (Å²) in [5.74, 6) is 0.543. The van der Waals surface area contributed by atoms with E-state index in [2.05, 4.69) is 10.4 Å². The summed E-state index contributed by atoms with van der Waals surface area (Å²) in [5, 5.41) is 15.5. The van der Waals surface area contributed by atoms with Gasteiger partial charge in [0.2, 0.25) is 0 Å². The summed E-state index contributed by atoms with van der Waals surface area (Å²) in [7, 11) is 1.79. The topological polar surface area (TPSA) is 72.1 Å². The lowest BCUT2D eigenvalue weighted by Crippen LogP contribution is -2.26. The van der Waals surface area contributed by atoms with Crippen LogP contribution in [-0.4, -0.2) is 38.5 Å². The number of hydrogen-bond donors (Lipinski definition) is 2. The van der Waals surface area contributed by atoms with Gasteiger partial charge in [-0.15, -0.1) is 0 Å². The molecule has 0 bridgehead atoms. The fourth-order valence-corrected chi connectivity index (χ4v) is 1.75. The monoisotopic (exact) mass is 248 g/mol. The quantitative estimate of drug-likeness (QED) is 0.749. The zero-order valence-electron chi connectivity index (χ0n) is 10.2. The number of aryl methyl sites for hydroxylation is 1. The molecule has 18 heavy (non-hydrogen) atoms. The van der Waals surface area contributed by atoms with Gasteiger partial charge in [0.25, 0.3) is 5.91 Å². The molecule has 6 heteroatoms. The van der Waals surface area contributed by atoms with Crippen LogP contribution >= 0.6 is 0 Å². The summed E-state index contributed by atoms with van der Waals surface area (Å²) in [6.45, 7) is 0.521. The Labute approximate surface area is 105 Å². The Morgan fingerprint density at radius 1 is 1.44 bits per heavy atom. The van der Waals surface area contributed by atoms with Gasteiger partial charge in [-0.2, -0.15) is 5.10 Å². The maximum absolute atomic E-state index is 12.0. The number of carbonyl (C=O) groups is 1. The SMILES string of the molecule is Cn1ncc(C(=O)NCCCO)c1-n1cccc1. The van der Waals surface area contributed by atoms with Crippen molar-refractivity contribution in [3.05, 3.63) is 36.3 Å². The van der Waals surface area contributed by atoms with Crippen LogP contribution in [0.1, 0.15) is 16.8 Å². The van der Waals surface area contributed by atoms with Crippen molar-refractivity contribution in [2.24, 2.45) is 7.05 Å². The van der Waals surface area contributed by atoms with E-state index in [1.165, 1.54) is 0 Å². The Balaban J connectivity index is 2.21. The lowest BCUT2D eigenvalue weighted by Gasteiger charge is -2.07. The molecule has 0 aromatic carbocycles. The molecule has 0 spiro atoms. The molecule has 6 nitrogen and oxygen atoms in total. The van der Waals surface area contributed by atoms with Crippen molar-refractivity contribution in [1.82, 2.24) is 19.7 Å². The van der Waals surface area contributed by atoms with Gasteiger partial charge in [0.15, 0.2) is 0 Å². The number of hydrogen-bond acceptors (Lipinski definition) is 3. The van der Waals surface area contributed by atoms with Crippen LogP contribution in [0.4, 0.5) is 0 Å². The van der Waals surface area contributed by atoms with E-state index in [1.807, 2.05) is 29.1 Å². The molecule has 0 fully saturated rings. The van der Waals surface area contributed by atoms with Crippen molar-refractivity contribution in [3.8, 4) is 5.82 Å². The molecule has 0 aliphatic rings. The molecule has 0 saturated heterocycles. The van der Waals surface area contributed by atoms with Crippen LogP contribution in [0.5, 0.6) is 0 Å². The maximum Gasteiger partial charge on any atom is 0.256 e. The Bertz CT molecular complexity index is 516. The van der Waals surface area contributed by atoms with Crippen LogP contribution in [-0.2, 0) is 7.05 Å². The fraction of sp³-hybridized carbons (Fsp3) is 0.333. The van der Waals surface area contributed by atoms with Crippen LogP contribution in [0, 0.1) is 0 Å². The number of amides is 1. The highest BCUT2D eigenvalue weighted by Crippen LogP contribution is 2.13. The summed E-state index contributed by atoms with van der Waals surface area (Å²) < 4.78 is 3.49. The minimum atomic E-state index is -0.180. The predicted octanol–water partition coefficient (Wildman–Crippen LogP) is 0.323. The van der Waals surface area contributed by atoms with E-state index in [-0.39, 0.29) is 12.5 Å². The average Bonchev–Trinajstić information content (AvgIpc) is 2.97. The zero-order valence-corrected chi connectivity index (χ0v) is 10.2. The largest absolute Gasteiger partial charge is 0.396 e. The van der Waals surface area contributed by atoms with Crippen molar-refractivity contribution in [2.45, 2.75) is 6.42 Å². The van der Waals surface area contributed by atoms with Gasteiger partial charge in [-0.05, 0) is 18.6 Å². The van der Waals surface area contributed by atoms with Gasteiger partial charge in [-0.1, -0.05) is 0 Å². The first kappa shape index (κ1) is 12.4. The number of nitrogens with zero attached hydrogens (tertiary/aromatic N) is 3. The van der Waals surface area contributed by atoms with Gasteiger partial charge in [0.1, 0.15) is 11.4 Å². The van der Waals surface area contributed by atoms with Crippen LogP contribution in [0.25, 0.3) is 5.82 Å². The average molecular weight is 248 g/mol. The van der Waals surface area contributed by atoms with Gasteiger partial charge in [-0.25, -0.2) is 0 Å². The van der Waals surface area contributed by atoms with E-state index >= 15 is 0 Å².